The number of carbonyl (C=O) groups excluding carboxylic acids is 3. The quantitative estimate of drug-likeness (QED) is 0.211. The molecule has 0 saturated carbocycles. The molecule has 3 rings (SSSR count). The number of amides is 3. The van der Waals surface area contributed by atoms with Gasteiger partial charge in [-0.15, -0.1) is 0 Å². The Balaban J connectivity index is 1.76. The summed E-state index contributed by atoms with van der Waals surface area (Å²) in [7, 11) is 1.67. The molecule has 1 aromatic heterocycles. The molecule has 2 aromatic carbocycles. The van der Waals surface area contributed by atoms with Crippen LogP contribution in [0.15, 0.2) is 67.0 Å². The highest BCUT2D eigenvalue weighted by Gasteiger charge is 2.32. The molecule has 0 fully saturated rings. The van der Waals surface area contributed by atoms with Gasteiger partial charge in [0, 0.05) is 13.5 Å². The Morgan fingerprint density at radius 1 is 0.814 bits per heavy atom. The van der Waals surface area contributed by atoms with Gasteiger partial charge in [0.05, 0.1) is 6.04 Å². The summed E-state index contributed by atoms with van der Waals surface area (Å²) in [6.45, 7) is 7.94. The van der Waals surface area contributed by atoms with E-state index in [0.717, 1.165) is 11.1 Å². The molecule has 0 aliphatic heterocycles. The summed E-state index contributed by atoms with van der Waals surface area (Å²) in [5, 5.41) is 23.6. The molecule has 0 bridgehead atoms. The highest BCUT2D eigenvalue weighted by molar-refractivity contribution is 5.91. The summed E-state index contributed by atoms with van der Waals surface area (Å²) in [6.07, 6.45) is 0.536. The summed E-state index contributed by atoms with van der Waals surface area (Å²) in [5.41, 5.74) is 1.65. The fourth-order valence-electron chi connectivity index (χ4n) is 4.75. The second-order valence-electron chi connectivity index (χ2n) is 11.6. The van der Waals surface area contributed by atoms with Gasteiger partial charge in [0.15, 0.2) is 5.82 Å². The standard InChI is InChI=1S/C32H44N6O5/c1-21(2)16-25(28(39)29-33-20-34-38(29)5)35-30(40)26(17-22(3)4)36-31(41)27(18-23-12-8-6-9-13-23)37-32(42)43-19-24-14-10-7-11-15-24/h6-15,20-22,25-28,39H,16-19H2,1-5H3,(H,35,40)(H,36,41)(H,37,42)/t25-,26+,27+,28+/m1/s1. The van der Waals surface area contributed by atoms with Crippen LogP contribution >= 0.6 is 0 Å². The van der Waals surface area contributed by atoms with Gasteiger partial charge in [-0.3, -0.25) is 14.3 Å². The molecule has 0 saturated heterocycles. The molecule has 4 N–H and O–H groups in total. The van der Waals surface area contributed by atoms with Crippen LogP contribution in [-0.2, 0) is 34.4 Å². The summed E-state index contributed by atoms with van der Waals surface area (Å²) < 4.78 is 6.84. The Bertz CT molecular complexity index is 1300. The van der Waals surface area contributed by atoms with Gasteiger partial charge >= 0.3 is 6.09 Å². The van der Waals surface area contributed by atoms with Gasteiger partial charge in [0.2, 0.25) is 11.8 Å². The molecule has 0 aliphatic rings. The number of alkyl carbamates (subject to hydrolysis) is 1. The predicted molar refractivity (Wildman–Crippen MR) is 162 cm³/mol. The van der Waals surface area contributed by atoms with Crippen LogP contribution in [0.1, 0.15) is 63.6 Å². The van der Waals surface area contributed by atoms with E-state index in [2.05, 4.69) is 26.0 Å². The lowest BCUT2D eigenvalue weighted by Crippen LogP contribution is -2.56. The minimum absolute atomic E-state index is 0.0514. The highest BCUT2D eigenvalue weighted by Crippen LogP contribution is 2.20. The lowest BCUT2D eigenvalue weighted by molar-refractivity contribution is -0.131. The fraction of sp³-hybridized carbons (Fsp3) is 0.469. The molecule has 0 spiro atoms. The number of aliphatic hydroxyl groups is 1. The highest BCUT2D eigenvalue weighted by atomic mass is 16.5. The number of aromatic nitrogens is 3. The Kier molecular flexibility index (Phi) is 12.7. The minimum Gasteiger partial charge on any atom is -0.445 e. The molecule has 1 heterocycles. The van der Waals surface area contributed by atoms with Crippen molar-refractivity contribution in [3.8, 4) is 0 Å². The Hall–Kier alpha value is -4.25. The maximum Gasteiger partial charge on any atom is 0.408 e. The summed E-state index contributed by atoms with van der Waals surface area (Å²) in [5.74, 6) is -0.390. The lowest BCUT2D eigenvalue weighted by atomic mass is 9.96. The third-order valence-corrected chi connectivity index (χ3v) is 6.89. The number of hydrogen-bond donors (Lipinski definition) is 4. The van der Waals surface area contributed by atoms with Crippen molar-refractivity contribution in [3.05, 3.63) is 83.9 Å². The molecule has 11 heteroatoms. The van der Waals surface area contributed by atoms with Gasteiger partial charge in [-0.05, 0) is 35.8 Å². The normalized spacial score (nSPS) is 14.0. The van der Waals surface area contributed by atoms with E-state index in [0.29, 0.717) is 18.7 Å². The van der Waals surface area contributed by atoms with E-state index in [1.807, 2.05) is 88.4 Å². The van der Waals surface area contributed by atoms with Crippen molar-refractivity contribution in [2.24, 2.45) is 18.9 Å². The summed E-state index contributed by atoms with van der Waals surface area (Å²) in [4.78, 5) is 44.2. The van der Waals surface area contributed by atoms with Crippen molar-refractivity contribution < 1.29 is 24.2 Å². The minimum atomic E-state index is -1.10. The van der Waals surface area contributed by atoms with E-state index in [9.17, 15) is 19.5 Å². The van der Waals surface area contributed by atoms with Crippen molar-refractivity contribution in [2.75, 3.05) is 0 Å². The van der Waals surface area contributed by atoms with Crippen LogP contribution in [0.2, 0.25) is 0 Å². The third kappa shape index (κ3) is 10.8. The number of aliphatic hydroxyl groups excluding tert-OH is 1. The van der Waals surface area contributed by atoms with Gasteiger partial charge in [-0.2, -0.15) is 5.10 Å². The SMILES string of the molecule is CC(C)C[C@H](NC(=O)[C@H](Cc1ccccc1)NC(=O)OCc1ccccc1)C(=O)N[C@H](CC(C)C)[C@H](O)c1ncnn1C. The van der Waals surface area contributed by atoms with Crippen molar-refractivity contribution in [1.82, 2.24) is 30.7 Å². The van der Waals surface area contributed by atoms with Crippen molar-refractivity contribution in [3.63, 3.8) is 0 Å². The van der Waals surface area contributed by atoms with Crippen LogP contribution in [0.3, 0.4) is 0 Å². The van der Waals surface area contributed by atoms with Crippen molar-refractivity contribution >= 4 is 17.9 Å². The van der Waals surface area contributed by atoms with Gasteiger partial charge < -0.3 is 25.8 Å². The van der Waals surface area contributed by atoms with Gasteiger partial charge in [-0.25, -0.2) is 9.78 Å². The zero-order valence-electron chi connectivity index (χ0n) is 25.6. The van der Waals surface area contributed by atoms with Crippen LogP contribution < -0.4 is 16.0 Å². The van der Waals surface area contributed by atoms with E-state index in [1.54, 1.807) is 7.05 Å². The first-order valence-corrected chi connectivity index (χ1v) is 14.7. The molecule has 11 nitrogen and oxygen atoms in total. The van der Waals surface area contributed by atoms with Gasteiger partial charge in [0.25, 0.3) is 0 Å². The van der Waals surface area contributed by atoms with Crippen LogP contribution in [0.4, 0.5) is 4.79 Å². The topological polar surface area (TPSA) is 147 Å². The van der Waals surface area contributed by atoms with E-state index >= 15 is 0 Å². The molecule has 43 heavy (non-hydrogen) atoms. The van der Waals surface area contributed by atoms with Gasteiger partial charge in [-0.1, -0.05) is 88.4 Å². The zero-order chi connectivity index (χ0) is 31.4. The van der Waals surface area contributed by atoms with Crippen LogP contribution in [0, 0.1) is 11.8 Å². The number of carbonyl (C=O) groups is 3. The summed E-state index contributed by atoms with van der Waals surface area (Å²) in [6, 6.07) is 16.0. The first-order valence-electron chi connectivity index (χ1n) is 14.7. The Labute approximate surface area is 253 Å². The predicted octanol–water partition coefficient (Wildman–Crippen LogP) is 3.45. The van der Waals surface area contributed by atoms with E-state index in [-0.39, 0.29) is 24.9 Å². The monoisotopic (exact) mass is 592 g/mol. The van der Waals surface area contributed by atoms with Crippen molar-refractivity contribution in [1.29, 1.82) is 0 Å². The number of aryl methyl sites for hydroxylation is 1. The molecule has 3 aromatic rings. The molecule has 0 unspecified atom stereocenters. The van der Waals surface area contributed by atoms with E-state index < -0.39 is 42.1 Å². The second-order valence-corrected chi connectivity index (χ2v) is 11.6. The van der Waals surface area contributed by atoms with E-state index in [4.69, 9.17) is 4.74 Å². The molecular weight excluding hydrogens is 548 g/mol. The Morgan fingerprint density at radius 3 is 1.95 bits per heavy atom. The fourth-order valence-corrected chi connectivity index (χ4v) is 4.75. The number of nitrogens with one attached hydrogen (secondary N) is 3. The lowest BCUT2D eigenvalue weighted by Gasteiger charge is -2.29. The molecule has 3 amide bonds. The molecule has 0 radical (unpaired) electrons. The molecular formula is C32H44N6O5. The van der Waals surface area contributed by atoms with Crippen LogP contribution in [0.25, 0.3) is 0 Å². The number of hydrogen-bond acceptors (Lipinski definition) is 7. The average Bonchev–Trinajstić information content (AvgIpc) is 3.40. The first kappa shape index (κ1) is 33.3. The number of ether oxygens (including phenoxy) is 1. The van der Waals surface area contributed by atoms with Crippen molar-refractivity contribution in [2.45, 2.75) is 77.8 Å². The largest absolute Gasteiger partial charge is 0.445 e. The van der Waals surface area contributed by atoms with Gasteiger partial charge in [0.1, 0.15) is 31.1 Å². The maximum absolute atomic E-state index is 13.7. The average molecular weight is 593 g/mol. The third-order valence-electron chi connectivity index (χ3n) is 6.89. The van der Waals surface area contributed by atoms with Crippen LogP contribution in [-0.4, -0.2) is 55.9 Å². The van der Waals surface area contributed by atoms with Crippen LogP contribution in [0.5, 0.6) is 0 Å². The number of rotatable bonds is 15. The zero-order valence-corrected chi connectivity index (χ0v) is 25.6. The smallest absolute Gasteiger partial charge is 0.408 e. The first-order chi connectivity index (χ1) is 20.5. The number of nitrogens with zero attached hydrogens (tertiary/aromatic N) is 3. The summed E-state index contributed by atoms with van der Waals surface area (Å²) >= 11 is 0. The molecule has 4 atom stereocenters. The Morgan fingerprint density at radius 2 is 1.40 bits per heavy atom. The van der Waals surface area contributed by atoms with E-state index in [1.165, 1.54) is 11.0 Å². The molecule has 232 valence electrons. The maximum atomic E-state index is 13.7. The molecule has 0 aliphatic carbocycles. The number of benzene rings is 2. The second kappa shape index (κ2) is 16.4.